The summed E-state index contributed by atoms with van der Waals surface area (Å²) >= 11 is 0. The van der Waals surface area contributed by atoms with Gasteiger partial charge in [-0.3, -0.25) is 9.52 Å². The van der Waals surface area contributed by atoms with Crippen LogP contribution in [0.25, 0.3) is 0 Å². The Morgan fingerprint density at radius 1 is 1.40 bits per heavy atom. The molecule has 1 aromatic rings. The van der Waals surface area contributed by atoms with Gasteiger partial charge in [-0.25, -0.2) is 12.8 Å². The molecule has 0 aliphatic carbocycles. The van der Waals surface area contributed by atoms with E-state index < -0.39 is 15.8 Å². The van der Waals surface area contributed by atoms with Crippen LogP contribution in [0.1, 0.15) is 0 Å². The minimum atomic E-state index is -3.41. The van der Waals surface area contributed by atoms with Crippen molar-refractivity contribution in [3.63, 3.8) is 0 Å². The third-order valence-corrected chi connectivity index (χ3v) is 2.09. The van der Waals surface area contributed by atoms with Crippen LogP contribution in [0.2, 0.25) is 0 Å². The molecule has 5 nitrogen and oxygen atoms in total. The predicted molar refractivity (Wildman–Crippen MR) is 54.6 cm³/mol. The van der Waals surface area contributed by atoms with Crippen molar-refractivity contribution in [1.29, 1.82) is 0 Å². The lowest BCUT2D eigenvalue weighted by molar-refractivity contribution is -0.105. The largest absolute Gasteiger partial charge is 0.326 e. The van der Waals surface area contributed by atoms with Crippen molar-refractivity contribution in [2.24, 2.45) is 0 Å². The highest BCUT2D eigenvalue weighted by molar-refractivity contribution is 7.92. The maximum Gasteiger partial charge on any atom is 0.229 e. The molecule has 0 aliphatic heterocycles. The number of halogens is 1. The first kappa shape index (κ1) is 11.4. The molecule has 2 N–H and O–H groups in total. The molecule has 15 heavy (non-hydrogen) atoms. The third-order valence-electron chi connectivity index (χ3n) is 1.48. The number of sulfonamides is 1. The van der Waals surface area contributed by atoms with E-state index in [1.165, 1.54) is 12.1 Å². The Hall–Kier alpha value is -1.63. The lowest BCUT2D eigenvalue weighted by atomic mass is 10.3. The Labute approximate surface area is 86.3 Å². The highest BCUT2D eigenvalue weighted by Crippen LogP contribution is 2.19. The average molecular weight is 232 g/mol. The average Bonchev–Trinajstić information content (AvgIpc) is 2.09. The highest BCUT2D eigenvalue weighted by atomic mass is 32.2. The molecule has 0 saturated carbocycles. The smallest absolute Gasteiger partial charge is 0.229 e. The van der Waals surface area contributed by atoms with Crippen LogP contribution >= 0.6 is 0 Å². The second kappa shape index (κ2) is 4.26. The maximum absolute atomic E-state index is 13.0. The van der Waals surface area contributed by atoms with Crippen LogP contribution in [0.15, 0.2) is 18.2 Å². The summed E-state index contributed by atoms with van der Waals surface area (Å²) in [5, 5.41) is 2.11. The molecule has 0 unspecified atom stereocenters. The molecule has 0 heterocycles. The fraction of sp³-hybridized carbons (Fsp3) is 0.125. The fourth-order valence-corrected chi connectivity index (χ4v) is 1.53. The Balaban J connectivity index is 3.02. The van der Waals surface area contributed by atoms with Crippen LogP contribution in [0.5, 0.6) is 0 Å². The van der Waals surface area contributed by atoms with Gasteiger partial charge in [-0.2, -0.15) is 0 Å². The van der Waals surface area contributed by atoms with Crippen LogP contribution in [-0.4, -0.2) is 21.1 Å². The minimum absolute atomic E-state index is 0.0846. The summed E-state index contributed by atoms with van der Waals surface area (Å²) in [6.45, 7) is 0. The van der Waals surface area contributed by atoms with E-state index in [9.17, 15) is 17.6 Å². The lowest BCUT2D eigenvalue weighted by Gasteiger charge is -2.06. The zero-order valence-corrected chi connectivity index (χ0v) is 8.64. The van der Waals surface area contributed by atoms with Gasteiger partial charge in [-0.05, 0) is 18.2 Å². The van der Waals surface area contributed by atoms with Crippen molar-refractivity contribution in [3.05, 3.63) is 24.0 Å². The Kier molecular flexibility index (Phi) is 3.25. The summed E-state index contributed by atoms with van der Waals surface area (Å²) in [6, 6.07) is 3.50. The number of rotatable bonds is 4. The molecule has 0 radical (unpaired) electrons. The summed E-state index contributed by atoms with van der Waals surface area (Å²) < 4.78 is 36.9. The van der Waals surface area contributed by atoms with Crippen LogP contribution in [0.3, 0.4) is 0 Å². The number of hydrogen-bond donors (Lipinski definition) is 2. The number of nitrogens with one attached hydrogen (secondary N) is 2. The lowest BCUT2D eigenvalue weighted by Crippen LogP contribution is -2.10. The standard InChI is InChI=1S/C8H9FN2O3S/c1-15(13,14)11-6-2-3-7(9)8(4-6)10-5-12/h2-5,11H,1H3,(H,10,12). The molecule has 1 aromatic carbocycles. The van der Waals surface area contributed by atoms with Crippen molar-refractivity contribution in [2.45, 2.75) is 0 Å². The number of anilines is 2. The molecule has 0 atom stereocenters. The summed E-state index contributed by atoms with van der Waals surface area (Å²) in [4.78, 5) is 10.1. The van der Waals surface area contributed by atoms with E-state index in [2.05, 4.69) is 10.0 Å². The van der Waals surface area contributed by atoms with Crippen molar-refractivity contribution in [1.82, 2.24) is 0 Å². The van der Waals surface area contributed by atoms with Crippen LogP contribution in [-0.2, 0) is 14.8 Å². The number of hydrogen-bond acceptors (Lipinski definition) is 3. The number of amides is 1. The van der Waals surface area contributed by atoms with Crippen LogP contribution in [0.4, 0.5) is 15.8 Å². The van der Waals surface area contributed by atoms with Gasteiger partial charge in [0.2, 0.25) is 16.4 Å². The molecule has 0 bridgehead atoms. The minimum Gasteiger partial charge on any atom is -0.326 e. The van der Waals surface area contributed by atoms with Gasteiger partial charge in [0.1, 0.15) is 5.82 Å². The quantitative estimate of drug-likeness (QED) is 0.753. The monoisotopic (exact) mass is 232 g/mol. The molecule has 1 rings (SSSR count). The van der Waals surface area contributed by atoms with Gasteiger partial charge in [0, 0.05) is 0 Å². The molecular formula is C8H9FN2O3S. The van der Waals surface area contributed by atoms with Gasteiger partial charge in [-0.15, -0.1) is 0 Å². The Morgan fingerprint density at radius 3 is 2.60 bits per heavy atom. The normalized spacial score (nSPS) is 10.8. The predicted octanol–water partition coefficient (Wildman–Crippen LogP) is 0.765. The summed E-state index contributed by atoms with van der Waals surface area (Å²) in [7, 11) is -3.41. The molecule has 1 amide bonds. The molecule has 0 aromatic heterocycles. The highest BCUT2D eigenvalue weighted by Gasteiger charge is 2.06. The second-order valence-corrected chi connectivity index (χ2v) is 4.58. The first-order valence-electron chi connectivity index (χ1n) is 3.90. The van der Waals surface area contributed by atoms with E-state index in [4.69, 9.17) is 0 Å². The van der Waals surface area contributed by atoms with Gasteiger partial charge >= 0.3 is 0 Å². The number of benzene rings is 1. The number of carbonyl (C=O) groups excluding carboxylic acids is 1. The fourth-order valence-electron chi connectivity index (χ4n) is 0.977. The topological polar surface area (TPSA) is 75.3 Å². The van der Waals surface area contributed by atoms with Gasteiger partial charge in [0.15, 0.2) is 0 Å². The van der Waals surface area contributed by atoms with Crippen LogP contribution < -0.4 is 10.0 Å². The summed E-state index contributed by atoms with van der Waals surface area (Å²) in [6.07, 6.45) is 1.28. The second-order valence-electron chi connectivity index (χ2n) is 2.83. The van der Waals surface area contributed by atoms with Crippen molar-refractivity contribution in [3.8, 4) is 0 Å². The molecule has 0 spiro atoms. The first-order valence-corrected chi connectivity index (χ1v) is 5.79. The number of carbonyl (C=O) groups is 1. The maximum atomic E-state index is 13.0. The van der Waals surface area contributed by atoms with E-state index in [-0.39, 0.29) is 11.4 Å². The third kappa shape index (κ3) is 3.55. The van der Waals surface area contributed by atoms with E-state index in [0.29, 0.717) is 6.41 Å². The molecule has 0 fully saturated rings. The molecule has 82 valence electrons. The van der Waals surface area contributed by atoms with Gasteiger partial charge < -0.3 is 5.32 Å². The SMILES string of the molecule is CS(=O)(=O)Nc1ccc(F)c(NC=O)c1. The first-order chi connectivity index (χ1) is 6.92. The molecular weight excluding hydrogens is 223 g/mol. The molecule has 0 aliphatic rings. The van der Waals surface area contributed by atoms with Crippen molar-refractivity contribution < 1.29 is 17.6 Å². The van der Waals surface area contributed by atoms with E-state index in [1.807, 2.05) is 0 Å². The molecule has 7 heteroatoms. The van der Waals surface area contributed by atoms with Crippen LogP contribution in [0, 0.1) is 5.82 Å². The summed E-state index contributed by atoms with van der Waals surface area (Å²) in [5.41, 5.74) is 0.0990. The van der Waals surface area contributed by atoms with E-state index >= 15 is 0 Å². The van der Waals surface area contributed by atoms with Gasteiger partial charge in [0.05, 0.1) is 17.6 Å². The summed E-state index contributed by atoms with van der Waals surface area (Å²) in [5.74, 6) is -0.638. The Bertz CT molecular complexity index is 473. The van der Waals surface area contributed by atoms with E-state index in [1.54, 1.807) is 0 Å². The van der Waals surface area contributed by atoms with E-state index in [0.717, 1.165) is 12.3 Å². The zero-order chi connectivity index (χ0) is 11.5. The van der Waals surface area contributed by atoms with Crippen molar-refractivity contribution >= 4 is 27.8 Å². The Morgan fingerprint density at radius 2 is 2.07 bits per heavy atom. The van der Waals surface area contributed by atoms with Gasteiger partial charge in [-0.1, -0.05) is 0 Å². The van der Waals surface area contributed by atoms with Crippen molar-refractivity contribution in [2.75, 3.05) is 16.3 Å². The zero-order valence-electron chi connectivity index (χ0n) is 7.82. The van der Waals surface area contributed by atoms with Gasteiger partial charge in [0.25, 0.3) is 0 Å². The molecule has 0 saturated heterocycles.